The van der Waals surface area contributed by atoms with E-state index in [9.17, 15) is 9.59 Å². The van der Waals surface area contributed by atoms with Crippen molar-refractivity contribution >= 4 is 34.0 Å². The van der Waals surface area contributed by atoms with Crippen molar-refractivity contribution in [3.05, 3.63) is 81.8 Å². The van der Waals surface area contributed by atoms with E-state index in [1.54, 1.807) is 60.7 Å². The van der Waals surface area contributed by atoms with E-state index in [4.69, 9.17) is 18.9 Å². The van der Waals surface area contributed by atoms with Crippen LogP contribution in [0.25, 0.3) is 0 Å². The molecule has 0 aliphatic carbocycles. The quantitative estimate of drug-likeness (QED) is 0.216. The molecule has 1 N–H and O–H groups in total. The number of hydrogen-bond acceptors (Lipinski definition) is 7. The molecular formula is C24H19BrN2O6. The highest BCUT2D eigenvalue weighted by Gasteiger charge is 2.16. The van der Waals surface area contributed by atoms with Gasteiger partial charge >= 0.3 is 5.97 Å². The van der Waals surface area contributed by atoms with Gasteiger partial charge in [0.05, 0.1) is 18.4 Å². The summed E-state index contributed by atoms with van der Waals surface area (Å²) in [5.74, 6) is 0.886. The predicted molar refractivity (Wildman–Crippen MR) is 124 cm³/mol. The van der Waals surface area contributed by atoms with E-state index in [1.807, 2.05) is 6.92 Å². The molecule has 0 spiro atoms. The van der Waals surface area contributed by atoms with Crippen molar-refractivity contribution in [2.45, 2.75) is 6.92 Å². The van der Waals surface area contributed by atoms with Gasteiger partial charge in [-0.15, -0.1) is 0 Å². The Kier molecular flexibility index (Phi) is 6.89. The fourth-order valence-electron chi connectivity index (χ4n) is 2.97. The van der Waals surface area contributed by atoms with E-state index < -0.39 is 11.9 Å². The Morgan fingerprint density at radius 3 is 2.55 bits per heavy atom. The molecular weight excluding hydrogens is 492 g/mol. The van der Waals surface area contributed by atoms with Gasteiger partial charge in [0, 0.05) is 10.0 Å². The van der Waals surface area contributed by atoms with E-state index in [2.05, 4.69) is 26.5 Å². The molecule has 0 atom stereocenters. The van der Waals surface area contributed by atoms with Gasteiger partial charge < -0.3 is 18.9 Å². The maximum absolute atomic E-state index is 12.4. The molecule has 0 saturated heterocycles. The standard InChI is InChI=1S/C24H19BrN2O6/c1-2-30-21-11-15(3-9-20(21)33-24(29)16-4-7-18(25)8-5-16)13-26-27-23(28)17-6-10-19-22(12-17)32-14-31-19/h3-13H,2,14H2,1H3,(H,27,28)/b26-13-. The van der Waals surface area contributed by atoms with Crippen LogP contribution in [0.3, 0.4) is 0 Å². The highest BCUT2D eigenvalue weighted by molar-refractivity contribution is 9.10. The molecule has 0 aromatic heterocycles. The average Bonchev–Trinajstić information content (AvgIpc) is 3.29. The third kappa shape index (κ3) is 5.50. The lowest BCUT2D eigenvalue weighted by atomic mass is 10.2. The Morgan fingerprint density at radius 1 is 1.00 bits per heavy atom. The maximum Gasteiger partial charge on any atom is 0.343 e. The van der Waals surface area contributed by atoms with Crippen LogP contribution in [0.4, 0.5) is 0 Å². The van der Waals surface area contributed by atoms with Gasteiger partial charge in [0.15, 0.2) is 23.0 Å². The van der Waals surface area contributed by atoms with Crippen molar-refractivity contribution < 1.29 is 28.5 Å². The number of ether oxygens (including phenoxy) is 4. The van der Waals surface area contributed by atoms with Gasteiger partial charge in [-0.2, -0.15) is 5.10 Å². The number of hydrogen-bond donors (Lipinski definition) is 1. The third-order valence-electron chi connectivity index (χ3n) is 4.56. The van der Waals surface area contributed by atoms with Gasteiger partial charge in [0.1, 0.15) is 0 Å². The molecule has 33 heavy (non-hydrogen) atoms. The van der Waals surface area contributed by atoms with Crippen molar-refractivity contribution in [2.75, 3.05) is 13.4 Å². The predicted octanol–water partition coefficient (Wildman–Crippen LogP) is 4.56. The normalized spacial score (nSPS) is 11.9. The van der Waals surface area contributed by atoms with Gasteiger partial charge in [-0.3, -0.25) is 4.79 Å². The molecule has 1 aliphatic heterocycles. The largest absolute Gasteiger partial charge is 0.490 e. The monoisotopic (exact) mass is 510 g/mol. The Bertz CT molecular complexity index is 1210. The molecule has 0 bridgehead atoms. The molecule has 3 aromatic carbocycles. The van der Waals surface area contributed by atoms with Crippen molar-refractivity contribution in [3.8, 4) is 23.0 Å². The SMILES string of the molecule is CCOc1cc(/C=N\NC(=O)c2ccc3c(c2)OCO3)ccc1OC(=O)c1ccc(Br)cc1. The number of nitrogens with zero attached hydrogens (tertiary/aromatic N) is 1. The van der Waals surface area contributed by atoms with Crippen LogP contribution in [-0.4, -0.2) is 31.5 Å². The fraction of sp³-hybridized carbons (Fsp3) is 0.125. The summed E-state index contributed by atoms with van der Waals surface area (Å²) in [6.45, 7) is 2.34. The number of rotatable bonds is 7. The lowest BCUT2D eigenvalue weighted by Crippen LogP contribution is -2.17. The Balaban J connectivity index is 1.43. The number of carbonyl (C=O) groups excluding carboxylic acids is 2. The van der Waals surface area contributed by atoms with Crippen LogP contribution in [0.5, 0.6) is 23.0 Å². The zero-order valence-corrected chi connectivity index (χ0v) is 19.1. The van der Waals surface area contributed by atoms with Crippen LogP contribution in [0.2, 0.25) is 0 Å². The van der Waals surface area contributed by atoms with Crippen molar-refractivity contribution in [1.29, 1.82) is 0 Å². The molecule has 168 valence electrons. The molecule has 1 amide bonds. The average molecular weight is 511 g/mol. The summed E-state index contributed by atoms with van der Waals surface area (Å²) in [6, 6.07) is 16.7. The van der Waals surface area contributed by atoms with E-state index >= 15 is 0 Å². The van der Waals surface area contributed by atoms with Crippen LogP contribution in [-0.2, 0) is 0 Å². The van der Waals surface area contributed by atoms with E-state index in [-0.39, 0.29) is 12.5 Å². The second-order valence-electron chi connectivity index (χ2n) is 6.80. The van der Waals surface area contributed by atoms with Gasteiger partial charge in [-0.05, 0) is 73.2 Å². The van der Waals surface area contributed by atoms with E-state index in [0.29, 0.717) is 40.5 Å². The summed E-state index contributed by atoms with van der Waals surface area (Å²) in [6.07, 6.45) is 1.47. The zero-order chi connectivity index (χ0) is 23.2. The molecule has 1 aliphatic rings. The number of halogens is 1. The van der Waals surface area contributed by atoms with Crippen LogP contribution >= 0.6 is 15.9 Å². The van der Waals surface area contributed by atoms with Gasteiger partial charge in [0.2, 0.25) is 6.79 Å². The Morgan fingerprint density at radius 2 is 1.76 bits per heavy atom. The molecule has 4 rings (SSSR count). The lowest BCUT2D eigenvalue weighted by molar-refractivity contribution is 0.0728. The number of benzene rings is 3. The first-order chi connectivity index (χ1) is 16.0. The summed E-state index contributed by atoms with van der Waals surface area (Å²) in [7, 11) is 0. The fourth-order valence-corrected chi connectivity index (χ4v) is 3.23. The summed E-state index contributed by atoms with van der Waals surface area (Å²) < 4.78 is 22.5. The summed E-state index contributed by atoms with van der Waals surface area (Å²) >= 11 is 3.33. The first-order valence-corrected chi connectivity index (χ1v) is 10.8. The van der Waals surface area contributed by atoms with Crippen molar-refractivity contribution in [3.63, 3.8) is 0 Å². The first-order valence-electron chi connectivity index (χ1n) is 10.0. The van der Waals surface area contributed by atoms with Gasteiger partial charge in [-0.1, -0.05) is 15.9 Å². The summed E-state index contributed by atoms with van der Waals surface area (Å²) in [5, 5.41) is 3.99. The van der Waals surface area contributed by atoms with Gasteiger partial charge in [-0.25, -0.2) is 10.2 Å². The minimum Gasteiger partial charge on any atom is -0.490 e. The number of fused-ring (bicyclic) bond motifs is 1. The third-order valence-corrected chi connectivity index (χ3v) is 5.09. The highest BCUT2D eigenvalue weighted by Crippen LogP contribution is 2.32. The maximum atomic E-state index is 12.4. The molecule has 9 heteroatoms. The molecule has 3 aromatic rings. The number of hydrazone groups is 1. The van der Waals surface area contributed by atoms with Crippen LogP contribution in [0.15, 0.2) is 70.2 Å². The second kappa shape index (κ2) is 10.2. The smallest absolute Gasteiger partial charge is 0.343 e. The molecule has 1 heterocycles. The lowest BCUT2D eigenvalue weighted by Gasteiger charge is -2.11. The Labute approximate surface area is 198 Å². The van der Waals surface area contributed by atoms with Crippen LogP contribution < -0.4 is 24.4 Å². The summed E-state index contributed by atoms with van der Waals surface area (Å²) in [5.41, 5.74) is 3.92. The summed E-state index contributed by atoms with van der Waals surface area (Å²) in [4.78, 5) is 24.8. The van der Waals surface area contributed by atoms with Gasteiger partial charge in [0.25, 0.3) is 5.91 Å². The topological polar surface area (TPSA) is 95.5 Å². The van der Waals surface area contributed by atoms with Crippen LogP contribution in [0.1, 0.15) is 33.2 Å². The highest BCUT2D eigenvalue weighted by atomic mass is 79.9. The minimum absolute atomic E-state index is 0.134. The zero-order valence-electron chi connectivity index (χ0n) is 17.5. The Hall–Kier alpha value is -3.85. The number of esters is 1. The molecule has 0 unspecified atom stereocenters. The van der Waals surface area contributed by atoms with Crippen molar-refractivity contribution in [1.82, 2.24) is 5.43 Å². The molecule has 8 nitrogen and oxygen atoms in total. The number of carbonyl (C=O) groups is 2. The molecule has 0 saturated carbocycles. The number of nitrogens with one attached hydrogen (secondary N) is 1. The van der Waals surface area contributed by atoms with E-state index in [1.165, 1.54) is 6.21 Å². The van der Waals surface area contributed by atoms with E-state index in [0.717, 1.165) is 4.47 Å². The van der Waals surface area contributed by atoms with Crippen molar-refractivity contribution in [2.24, 2.45) is 5.10 Å². The second-order valence-corrected chi connectivity index (χ2v) is 7.72. The molecule has 0 fully saturated rings. The minimum atomic E-state index is -0.499. The van der Waals surface area contributed by atoms with Crippen LogP contribution in [0, 0.1) is 0 Å². The number of amides is 1. The first kappa shape index (κ1) is 22.3. The molecule has 0 radical (unpaired) electrons.